The first-order valence-electron chi connectivity index (χ1n) is 5.89. The van der Waals surface area contributed by atoms with Gasteiger partial charge in [0, 0.05) is 18.5 Å². The van der Waals surface area contributed by atoms with Gasteiger partial charge in [-0.15, -0.1) is 11.3 Å². The van der Waals surface area contributed by atoms with E-state index in [1.54, 1.807) is 18.5 Å². The summed E-state index contributed by atoms with van der Waals surface area (Å²) in [5.41, 5.74) is 3.37. The van der Waals surface area contributed by atoms with Crippen molar-refractivity contribution in [2.24, 2.45) is 5.92 Å². The highest BCUT2D eigenvalue weighted by atomic mass is 32.1. The predicted octanol–water partition coefficient (Wildman–Crippen LogP) is 2.74. The molecular weight excluding hydrogens is 264 g/mol. The molecule has 1 aromatic carbocycles. The summed E-state index contributed by atoms with van der Waals surface area (Å²) >= 11 is 1.51. The van der Waals surface area contributed by atoms with E-state index in [2.05, 4.69) is 10.3 Å². The fourth-order valence-corrected chi connectivity index (χ4v) is 2.55. The number of hydrogen-bond donors (Lipinski definition) is 2. The van der Waals surface area contributed by atoms with Crippen molar-refractivity contribution in [2.45, 2.75) is 19.8 Å². The molecular formula is C13H14N2O3S. The second-order valence-corrected chi connectivity index (χ2v) is 5.38. The van der Waals surface area contributed by atoms with E-state index in [1.165, 1.54) is 11.3 Å². The normalized spacial score (nSPS) is 12.3. The summed E-state index contributed by atoms with van der Waals surface area (Å²) < 4.78 is 1.01. The van der Waals surface area contributed by atoms with Crippen LogP contribution in [0.1, 0.15) is 19.8 Å². The number of benzene rings is 1. The summed E-state index contributed by atoms with van der Waals surface area (Å²) in [7, 11) is 0. The van der Waals surface area contributed by atoms with E-state index in [0.29, 0.717) is 5.69 Å². The highest BCUT2D eigenvalue weighted by molar-refractivity contribution is 7.16. The van der Waals surface area contributed by atoms with E-state index < -0.39 is 5.97 Å². The summed E-state index contributed by atoms with van der Waals surface area (Å²) in [6.45, 7) is 1.75. The number of rotatable bonds is 5. The molecule has 0 bridgehead atoms. The van der Waals surface area contributed by atoms with Gasteiger partial charge in [-0.1, -0.05) is 6.92 Å². The molecule has 0 radical (unpaired) electrons. The Morgan fingerprint density at radius 2 is 2.21 bits per heavy atom. The molecule has 2 N–H and O–H groups in total. The predicted molar refractivity (Wildman–Crippen MR) is 74.3 cm³/mol. The van der Waals surface area contributed by atoms with Gasteiger partial charge < -0.3 is 10.4 Å². The van der Waals surface area contributed by atoms with Crippen molar-refractivity contribution in [1.29, 1.82) is 0 Å². The number of carbonyl (C=O) groups excluding carboxylic acids is 1. The molecule has 6 heteroatoms. The van der Waals surface area contributed by atoms with Crippen molar-refractivity contribution in [3.8, 4) is 0 Å². The molecule has 1 aromatic heterocycles. The number of aromatic nitrogens is 1. The Kier molecular flexibility index (Phi) is 4.11. The zero-order chi connectivity index (χ0) is 13.8. The van der Waals surface area contributed by atoms with Crippen LogP contribution in [0.25, 0.3) is 10.2 Å². The number of thiazole rings is 1. The molecule has 0 spiro atoms. The Balaban J connectivity index is 1.96. The molecule has 2 rings (SSSR count). The molecule has 0 aliphatic carbocycles. The van der Waals surface area contributed by atoms with E-state index in [1.807, 2.05) is 12.1 Å². The van der Waals surface area contributed by atoms with Crippen LogP contribution in [0.3, 0.4) is 0 Å². The molecule has 1 amide bonds. The quantitative estimate of drug-likeness (QED) is 0.881. The van der Waals surface area contributed by atoms with Crippen LogP contribution in [0, 0.1) is 5.92 Å². The van der Waals surface area contributed by atoms with Gasteiger partial charge in [0.15, 0.2) is 0 Å². The number of carboxylic acids is 1. The van der Waals surface area contributed by atoms with Gasteiger partial charge in [0.25, 0.3) is 0 Å². The number of carboxylic acid groups (broad SMARTS) is 1. The largest absolute Gasteiger partial charge is 0.481 e. The molecule has 0 aliphatic rings. The fourth-order valence-electron chi connectivity index (χ4n) is 1.83. The van der Waals surface area contributed by atoms with Crippen molar-refractivity contribution in [3.05, 3.63) is 23.7 Å². The lowest BCUT2D eigenvalue weighted by Crippen LogP contribution is -2.16. The fraction of sp³-hybridized carbons (Fsp3) is 0.308. The summed E-state index contributed by atoms with van der Waals surface area (Å²) in [6, 6.07) is 5.51. The zero-order valence-electron chi connectivity index (χ0n) is 10.4. The van der Waals surface area contributed by atoms with Gasteiger partial charge in [-0.25, -0.2) is 4.98 Å². The van der Waals surface area contributed by atoms with Crippen molar-refractivity contribution in [3.63, 3.8) is 0 Å². The Morgan fingerprint density at radius 3 is 2.95 bits per heavy atom. The van der Waals surface area contributed by atoms with Crippen LogP contribution in [0.15, 0.2) is 23.7 Å². The van der Waals surface area contributed by atoms with Crippen molar-refractivity contribution < 1.29 is 14.7 Å². The molecule has 0 saturated carbocycles. The number of amides is 1. The van der Waals surface area contributed by atoms with E-state index in [0.717, 1.165) is 10.2 Å². The zero-order valence-corrected chi connectivity index (χ0v) is 11.2. The summed E-state index contributed by atoms with van der Waals surface area (Å²) in [6.07, 6.45) is 0.203. The first kappa shape index (κ1) is 13.5. The number of anilines is 1. The van der Waals surface area contributed by atoms with Crippen LogP contribution in [0.5, 0.6) is 0 Å². The van der Waals surface area contributed by atoms with E-state index >= 15 is 0 Å². The van der Waals surface area contributed by atoms with Crippen LogP contribution in [0.2, 0.25) is 0 Å². The standard InChI is InChI=1S/C13H14N2O3S/c1-8(5-13(17)18)4-12(16)15-9-2-3-10-11(6-9)19-7-14-10/h2-3,6-8H,4-5H2,1H3,(H,15,16)(H,17,18). The van der Waals surface area contributed by atoms with Crippen LogP contribution < -0.4 is 5.32 Å². The Labute approximate surface area is 114 Å². The second-order valence-electron chi connectivity index (χ2n) is 4.49. The monoisotopic (exact) mass is 278 g/mol. The highest BCUT2D eigenvalue weighted by Crippen LogP contribution is 2.22. The van der Waals surface area contributed by atoms with Crippen LogP contribution in [0.4, 0.5) is 5.69 Å². The van der Waals surface area contributed by atoms with Crippen LogP contribution >= 0.6 is 11.3 Å². The Morgan fingerprint density at radius 1 is 1.42 bits per heavy atom. The number of carbonyl (C=O) groups is 2. The molecule has 0 fully saturated rings. The third kappa shape index (κ3) is 3.75. The van der Waals surface area contributed by atoms with Crippen LogP contribution in [-0.2, 0) is 9.59 Å². The minimum Gasteiger partial charge on any atom is -0.481 e. The highest BCUT2D eigenvalue weighted by Gasteiger charge is 2.13. The van der Waals surface area contributed by atoms with Gasteiger partial charge in [-0.05, 0) is 24.1 Å². The molecule has 0 saturated heterocycles. The lowest BCUT2D eigenvalue weighted by Gasteiger charge is -2.09. The van der Waals surface area contributed by atoms with E-state index in [-0.39, 0.29) is 24.7 Å². The van der Waals surface area contributed by atoms with Crippen LogP contribution in [-0.4, -0.2) is 22.0 Å². The number of hydrogen-bond acceptors (Lipinski definition) is 4. The maximum atomic E-state index is 11.8. The van der Waals surface area contributed by atoms with Crippen molar-refractivity contribution in [2.75, 3.05) is 5.32 Å². The topological polar surface area (TPSA) is 79.3 Å². The molecule has 2 aromatic rings. The first-order chi connectivity index (χ1) is 9.04. The van der Waals surface area contributed by atoms with Gasteiger partial charge in [-0.2, -0.15) is 0 Å². The van der Waals surface area contributed by atoms with Gasteiger partial charge in [0.2, 0.25) is 5.91 Å². The number of nitrogens with one attached hydrogen (secondary N) is 1. The average molecular weight is 278 g/mol. The van der Waals surface area contributed by atoms with Crippen molar-refractivity contribution in [1.82, 2.24) is 4.98 Å². The molecule has 0 aliphatic heterocycles. The molecule has 1 atom stereocenters. The number of nitrogens with zero attached hydrogens (tertiary/aromatic N) is 1. The van der Waals surface area contributed by atoms with Gasteiger partial charge in [0.05, 0.1) is 15.7 Å². The molecule has 1 heterocycles. The molecule has 19 heavy (non-hydrogen) atoms. The molecule has 5 nitrogen and oxygen atoms in total. The number of aliphatic carboxylic acids is 1. The van der Waals surface area contributed by atoms with Gasteiger partial charge >= 0.3 is 5.97 Å². The summed E-state index contributed by atoms with van der Waals surface area (Å²) in [5.74, 6) is -1.23. The third-order valence-corrected chi connectivity index (χ3v) is 3.46. The summed E-state index contributed by atoms with van der Waals surface area (Å²) in [5, 5.41) is 11.4. The maximum Gasteiger partial charge on any atom is 0.303 e. The first-order valence-corrected chi connectivity index (χ1v) is 6.77. The smallest absolute Gasteiger partial charge is 0.303 e. The minimum atomic E-state index is -0.883. The van der Waals surface area contributed by atoms with E-state index in [4.69, 9.17) is 5.11 Å². The van der Waals surface area contributed by atoms with E-state index in [9.17, 15) is 9.59 Å². The minimum absolute atomic E-state index is 0.00129. The average Bonchev–Trinajstić information content (AvgIpc) is 2.74. The summed E-state index contributed by atoms with van der Waals surface area (Å²) in [4.78, 5) is 26.5. The Hall–Kier alpha value is -1.95. The second kappa shape index (κ2) is 5.79. The van der Waals surface area contributed by atoms with Crippen molar-refractivity contribution >= 4 is 39.1 Å². The third-order valence-electron chi connectivity index (χ3n) is 2.67. The number of fused-ring (bicyclic) bond motifs is 1. The maximum absolute atomic E-state index is 11.8. The lowest BCUT2D eigenvalue weighted by atomic mass is 10.0. The van der Waals surface area contributed by atoms with Gasteiger partial charge in [0.1, 0.15) is 0 Å². The Bertz CT molecular complexity index is 609. The molecule has 100 valence electrons. The SMILES string of the molecule is CC(CC(=O)O)CC(=O)Nc1ccc2ncsc2c1. The lowest BCUT2D eigenvalue weighted by molar-refractivity contribution is -0.138. The molecule has 1 unspecified atom stereocenters. The van der Waals surface area contributed by atoms with Gasteiger partial charge in [-0.3, -0.25) is 9.59 Å².